The lowest BCUT2D eigenvalue weighted by Crippen LogP contribution is -2.57. The van der Waals surface area contributed by atoms with Crippen LogP contribution < -0.4 is 0 Å². The standard InChI is InChI=1S/C20H32O2S/c1-5-23-17(22)18(2)11-12-19(3)14(13-18)9-10-20(4)15(19)7-6-8-16(20)21/h14-15H,5-13H2,1-4H3/t14-,15+,18+,19-,20+/m1/s1. The summed E-state index contributed by atoms with van der Waals surface area (Å²) in [5, 5.41) is 0.398. The maximum Gasteiger partial charge on any atom is 0.194 e. The molecule has 0 heterocycles. The Balaban J connectivity index is 1.85. The van der Waals surface area contributed by atoms with E-state index in [0.717, 1.165) is 50.7 Å². The quantitative estimate of drug-likeness (QED) is 0.691. The summed E-state index contributed by atoms with van der Waals surface area (Å²) in [5.74, 6) is 2.55. The normalized spacial score (nSPS) is 46.9. The van der Waals surface area contributed by atoms with Crippen LogP contribution in [0.1, 0.15) is 79.1 Å². The molecule has 0 aliphatic heterocycles. The lowest BCUT2D eigenvalue weighted by atomic mass is 9.43. The number of rotatable bonds is 2. The van der Waals surface area contributed by atoms with Gasteiger partial charge in [0.2, 0.25) is 0 Å². The molecule has 0 aromatic heterocycles. The monoisotopic (exact) mass is 336 g/mol. The number of hydrogen-bond donors (Lipinski definition) is 0. The molecule has 23 heavy (non-hydrogen) atoms. The molecular formula is C20H32O2S. The first-order valence-electron chi connectivity index (χ1n) is 9.47. The number of carbonyl (C=O) groups is 2. The molecule has 0 radical (unpaired) electrons. The minimum absolute atomic E-state index is 0.0839. The highest BCUT2D eigenvalue weighted by molar-refractivity contribution is 8.13. The van der Waals surface area contributed by atoms with Crippen LogP contribution in [0.25, 0.3) is 0 Å². The first-order valence-corrected chi connectivity index (χ1v) is 10.5. The number of Topliss-reactive ketones (excluding diaryl/α,β-unsaturated/α-hetero) is 1. The highest BCUT2D eigenvalue weighted by Crippen LogP contribution is 2.65. The molecule has 0 unspecified atom stereocenters. The van der Waals surface area contributed by atoms with E-state index in [1.54, 1.807) is 0 Å². The molecule has 3 aliphatic carbocycles. The predicted molar refractivity (Wildman–Crippen MR) is 96.4 cm³/mol. The molecule has 2 nitrogen and oxygen atoms in total. The maximum atomic E-state index is 12.6. The van der Waals surface area contributed by atoms with E-state index in [-0.39, 0.29) is 16.2 Å². The third-order valence-electron chi connectivity index (χ3n) is 7.72. The molecule has 3 fully saturated rings. The molecule has 0 aromatic carbocycles. The third-order valence-corrected chi connectivity index (χ3v) is 8.77. The van der Waals surface area contributed by atoms with E-state index in [4.69, 9.17) is 0 Å². The van der Waals surface area contributed by atoms with Crippen molar-refractivity contribution >= 4 is 22.7 Å². The minimum Gasteiger partial charge on any atom is -0.299 e. The van der Waals surface area contributed by atoms with Gasteiger partial charge in [0.05, 0.1) is 0 Å². The Bertz CT molecular complexity index is 516. The fourth-order valence-corrected chi connectivity index (χ4v) is 6.92. The van der Waals surface area contributed by atoms with Gasteiger partial charge in [0.25, 0.3) is 0 Å². The summed E-state index contributed by atoms with van der Waals surface area (Å²) in [5.41, 5.74) is 0.0381. The molecule has 0 spiro atoms. The number of fused-ring (bicyclic) bond motifs is 3. The summed E-state index contributed by atoms with van der Waals surface area (Å²) in [6, 6.07) is 0. The Labute approximate surface area is 145 Å². The Kier molecular flexibility index (Phi) is 4.49. The molecule has 3 heteroatoms. The maximum absolute atomic E-state index is 12.6. The summed E-state index contributed by atoms with van der Waals surface area (Å²) < 4.78 is 0. The minimum atomic E-state index is -0.142. The molecule has 3 rings (SSSR count). The average molecular weight is 337 g/mol. The van der Waals surface area contributed by atoms with Crippen molar-refractivity contribution in [1.82, 2.24) is 0 Å². The van der Waals surface area contributed by atoms with E-state index in [1.807, 2.05) is 0 Å². The van der Waals surface area contributed by atoms with Crippen LogP contribution in [0, 0.1) is 28.1 Å². The van der Waals surface area contributed by atoms with Gasteiger partial charge in [-0.15, -0.1) is 0 Å². The third kappa shape index (κ3) is 2.62. The van der Waals surface area contributed by atoms with Crippen molar-refractivity contribution in [3.63, 3.8) is 0 Å². The van der Waals surface area contributed by atoms with Crippen LogP contribution in [0.2, 0.25) is 0 Å². The average Bonchev–Trinajstić information content (AvgIpc) is 2.51. The van der Waals surface area contributed by atoms with Crippen molar-refractivity contribution in [3.05, 3.63) is 0 Å². The summed E-state index contributed by atoms with van der Waals surface area (Å²) >= 11 is 1.50. The zero-order valence-corrected chi connectivity index (χ0v) is 16.1. The van der Waals surface area contributed by atoms with Crippen LogP contribution in [-0.4, -0.2) is 16.7 Å². The van der Waals surface area contributed by atoms with Crippen molar-refractivity contribution in [2.75, 3.05) is 5.75 Å². The van der Waals surface area contributed by atoms with Crippen molar-refractivity contribution in [2.45, 2.75) is 79.1 Å². The van der Waals surface area contributed by atoms with E-state index in [2.05, 4.69) is 27.7 Å². The first-order chi connectivity index (χ1) is 10.8. The zero-order chi connectivity index (χ0) is 16.9. The molecule has 130 valence electrons. The first kappa shape index (κ1) is 17.5. The van der Waals surface area contributed by atoms with Gasteiger partial charge in [0, 0.05) is 17.3 Å². The van der Waals surface area contributed by atoms with Gasteiger partial charge in [-0.3, -0.25) is 9.59 Å². The molecule has 5 atom stereocenters. The number of hydrogen-bond acceptors (Lipinski definition) is 3. The van der Waals surface area contributed by atoms with Crippen molar-refractivity contribution < 1.29 is 9.59 Å². The highest BCUT2D eigenvalue weighted by Gasteiger charge is 2.60. The van der Waals surface area contributed by atoms with Crippen LogP contribution >= 0.6 is 11.8 Å². The van der Waals surface area contributed by atoms with Crippen LogP contribution in [0.15, 0.2) is 0 Å². The van der Waals surface area contributed by atoms with Crippen molar-refractivity contribution in [2.24, 2.45) is 28.1 Å². The SMILES string of the molecule is CCSC(=O)[C@@]1(C)CC[C@]2(C)[C@H](CC[C@]3(C)C(=O)CCC[C@@H]23)C1. The van der Waals surface area contributed by atoms with E-state index < -0.39 is 0 Å². The smallest absolute Gasteiger partial charge is 0.194 e. The largest absolute Gasteiger partial charge is 0.299 e. The van der Waals surface area contributed by atoms with Gasteiger partial charge in [-0.1, -0.05) is 39.5 Å². The second-order valence-corrected chi connectivity index (χ2v) is 10.2. The molecule has 0 amide bonds. The highest BCUT2D eigenvalue weighted by atomic mass is 32.2. The van der Waals surface area contributed by atoms with Crippen LogP contribution in [0.3, 0.4) is 0 Å². The van der Waals surface area contributed by atoms with Gasteiger partial charge in [-0.05, 0) is 67.9 Å². The van der Waals surface area contributed by atoms with E-state index in [9.17, 15) is 9.59 Å². The predicted octanol–water partition coefficient (Wildman–Crippen LogP) is 5.25. The topological polar surface area (TPSA) is 34.1 Å². The lowest BCUT2D eigenvalue weighted by molar-refractivity contribution is -0.159. The summed E-state index contributed by atoms with van der Waals surface area (Å²) in [6.07, 6.45) is 8.42. The molecule has 0 bridgehead atoms. The van der Waals surface area contributed by atoms with Crippen molar-refractivity contribution in [3.8, 4) is 0 Å². The van der Waals surface area contributed by atoms with Crippen LogP contribution in [-0.2, 0) is 9.59 Å². The molecule has 0 saturated heterocycles. The second-order valence-electron chi connectivity index (χ2n) is 9.01. The fraction of sp³-hybridized carbons (Fsp3) is 0.900. The van der Waals surface area contributed by atoms with Gasteiger partial charge >= 0.3 is 0 Å². The van der Waals surface area contributed by atoms with Gasteiger partial charge in [0.1, 0.15) is 5.78 Å². The summed E-state index contributed by atoms with van der Waals surface area (Å²) in [6.45, 7) is 8.94. The zero-order valence-electron chi connectivity index (χ0n) is 15.2. The molecule has 3 aliphatic rings. The van der Waals surface area contributed by atoms with E-state index >= 15 is 0 Å². The fourth-order valence-electron chi connectivity index (χ4n) is 6.12. The Morgan fingerprint density at radius 2 is 1.91 bits per heavy atom. The number of ketones is 1. The molecular weight excluding hydrogens is 304 g/mol. The number of thioether (sulfide) groups is 1. The molecule has 0 aromatic rings. The summed E-state index contributed by atoms with van der Waals surface area (Å²) in [7, 11) is 0. The number of carbonyl (C=O) groups excluding carboxylic acids is 2. The summed E-state index contributed by atoms with van der Waals surface area (Å²) in [4.78, 5) is 25.2. The van der Waals surface area contributed by atoms with Crippen LogP contribution in [0.4, 0.5) is 0 Å². The Hall–Kier alpha value is -0.310. The Morgan fingerprint density at radius 1 is 1.17 bits per heavy atom. The van der Waals surface area contributed by atoms with Gasteiger partial charge < -0.3 is 0 Å². The Morgan fingerprint density at radius 3 is 2.61 bits per heavy atom. The van der Waals surface area contributed by atoms with Gasteiger partial charge in [-0.25, -0.2) is 0 Å². The van der Waals surface area contributed by atoms with Crippen molar-refractivity contribution in [1.29, 1.82) is 0 Å². The molecule has 0 N–H and O–H groups in total. The van der Waals surface area contributed by atoms with Gasteiger partial charge in [-0.2, -0.15) is 0 Å². The van der Waals surface area contributed by atoms with Crippen LogP contribution in [0.5, 0.6) is 0 Å². The lowest BCUT2D eigenvalue weighted by Gasteiger charge is -2.61. The van der Waals surface area contributed by atoms with E-state index in [0.29, 0.717) is 22.7 Å². The van der Waals surface area contributed by atoms with Gasteiger partial charge in [0.15, 0.2) is 5.12 Å². The molecule has 3 saturated carbocycles. The van der Waals surface area contributed by atoms with E-state index in [1.165, 1.54) is 18.2 Å². The second kappa shape index (κ2) is 5.89.